The maximum absolute atomic E-state index is 11.4. The number of nitro benzene ring substituents is 1. The Morgan fingerprint density at radius 3 is 2.67 bits per heavy atom. The summed E-state index contributed by atoms with van der Waals surface area (Å²) in [6, 6.07) is 4.41. The second-order valence-corrected chi connectivity index (χ2v) is 4.13. The third-order valence-corrected chi connectivity index (χ3v) is 2.39. The number of carbonyl (C=O) groups is 1. The van der Waals surface area contributed by atoms with Gasteiger partial charge < -0.3 is 5.32 Å². The van der Waals surface area contributed by atoms with Crippen LogP contribution < -0.4 is 5.32 Å². The largest absolute Gasteiger partial charge is 0.326 e. The highest BCUT2D eigenvalue weighted by Gasteiger charge is 2.12. The number of amides is 1. The quantitative estimate of drug-likeness (QED) is 0.494. The van der Waals surface area contributed by atoms with Gasteiger partial charge in [-0.2, -0.15) is 0 Å². The summed E-state index contributed by atoms with van der Waals surface area (Å²) in [4.78, 5) is 21.6. The number of allylic oxidation sites excluding steroid dienone is 1. The number of hydrogen-bond donors (Lipinski definition) is 1. The van der Waals surface area contributed by atoms with Crippen LogP contribution >= 0.6 is 0 Å². The molecule has 1 aromatic carbocycles. The van der Waals surface area contributed by atoms with Gasteiger partial charge in [0.2, 0.25) is 5.91 Å². The molecule has 0 aliphatic rings. The molecule has 0 saturated heterocycles. The zero-order valence-corrected chi connectivity index (χ0v) is 10.5. The monoisotopic (exact) mass is 248 g/mol. The number of nitro groups is 1. The summed E-state index contributed by atoms with van der Waals surface area (Å²) in [6.45, 7) is 7.37. The minimum atomic E-state index is -0.451. The number of hydrogen-bond acceptors (Lipinski definition) is 3. The standard InChI is InChI=1S/C13H16N2O3/c1-4-13(16)14-12-6-5-11(15(17)18)8-10(12)7-9(2)3/h5-6,8H,2,4,7H2,1,3H3,(H,14,16). The number of anilines is 1. The van der Waals surface area contributed by atoms with Gasteiger partial charge >= 0.3 is 0 Å². The van der Waals surface area contributed by atoms with Crippen LogP contribution in [0, 0.1) is 10.1 Å². The molecule has 0 aliphatic carbocycles. The molecule has 0 heterocycles. The fraction of sp³-hybridized carbons (Fsp3) is 0.308. The van der Waals surface area contributed by atoms with E-state index in [0.29, 0.717) is 24.1 Å². The highest BCUT2D eigenvalue weighted by Crippen LogP contribution is 2.24. The van der Waals surface area contributed by atoms with Crippen LogP contribution in [0.15, 0.2) is 30.4 Å². The second kappa shape index (κ2) is 5.95. The molecule has 0 radical (unpaired) electrons. The molecule has 1 aromatic rings. The molecular formula is C13H16N2O3. The summed E-state index contributed by atoms with van der Waals surface area (Å²) in [6.07, 6.45) is 0.866. The fourth-order valence-electron chi connectivity index (χ4n) is 1.53. The molecular weight excluding hydrogens is 232 g/mol. The molecule has 1 amide bonds. The van der Waals surface area contributed by atoms with Crippen LogP contribution in [-0.4, -0.2) is 10.8 Å². The lowest BCUT2D eigenvalue weighted by Gasteiger charge is -2.10. The van der Waals surface area contributed by atoms with E-state index >= 15 is 0 Å². The summed E-state index contributed by atoms with van der Waals surface area (Å²) in [5.74, 6) is -0.119. The van der Waals surface area contributed by atoms with Crippen molar-refractivity contribution < 1.29 is 9.72 Å². The number of nitrogens with zero attached hydrogens (tertiary/aromatic N) is 1. The van der Waals surface area contributed by atoms with E-state index in [9.17, 15) is 14.9 Å². The predicted octanol–water partition coefficient (Wildman–Crippen LogP) is 3.06. The lowest BCUT2D eigenvalue weighted by Crippen LogP contribution is -2.11. The van der Waals surface area contributed by atoms with E-state index in [1.54, 1.807) is 13.0 Å². The third kappa shape index (κ3) is 3.69. The Morgan fingerprint density at radius 2 is 2.17 bits per heavy atom. The summed E-state index contributed by atoms with van der Waals surface area (Å²) >= 11 is 0. The minimum absolute atomic E-state index is 0.0146. The number of nitrogens with one attached hydrogen (secondary N) is 1. The van der Waals surface area contributed by atoms with E-state index in [2.05, 4.69) is 11.9 Å². The van der Waals surface area contributed by atoms with Crippen LogP contribution in [0.3, 0.4) is 0 Å². The second-order valence-electron chi connectivity index (χ2n) is 4.13. The first-order valence-electron chi connectivity index (χ1n) is 5.65. The van der Waals surface area contributed by atoms with Crippen LogP contribution in [0.25, 0.3) is 0 Å². The summed E-state index contributed by atoms with van der Waals surface area (Å²) in [7, 11) is 0. The van der Waals surface area contributed by atoms with Gasteiger partial charge in [0, 0.05) is 24.2 Å². The van der Waals surface area contributed by atoms with Gasteiger partial charge in [-0.15, -0.1) is 0 Å². The Balaban J connectivity index is 3.11. The van der Waals surface area contributed by atoms with Crippen LogP contribution in [0.5, 0.6) is 0 Å². The molecule has 1 N–H and O–H groups in total. The van der Waals surface area contributed by atoms with Crippen LogP contribution in [0.4, 0.5) is 11.4 Å². The van der Waals surface area contributed by atoms with Gasteiger partial charge in [-0.1, -0.05) is 19.1 Å². The van der Waals surface area contributed by atoms with E-state index in [0.717, 1.165) is 5.57 Å². The van der Waals surface area contributed by atoms with Crippen molar-refractivity contribution in [1.29, 1.82) is 0 Å². The van der Waals surface area contributed by atoms with Crippen molar-refractivity contribution in [2.45, 2.75) is 26.7 Å². The average molecular weight is 248 g/mol. The Hall–Kier alpha value is -2.17. The first-order valence-corrected chi connectivity index (χ1v) is 5.65. The average Bonchev–Trinajstić information content (AvgIpc) is 2.30. The Morgan fingerprint density at radius 1 is 1.50 bits per heavy atom. The molecule has 5 heteroatoms. The lowest BCUT2D eigenvalue weighted by molar-refractivity contribution is -0.384. The van der Waals surface area contributed by atoms with E-state index in [-0.39, 0.29) is 11.6 Å². The zero-order chi connectivity index (χ0) is 13.7. The Bertz CT molecular complexity index is 495. The van der Waals surface area contributed by atoms with Crippen LogP contribution in [0.1, 0.15) is 25.8 Å². The first-order chi connectivity index (χ1) is 8.43. The van der Waals surface area contributed by atoms with Gasteiger partial charge in [0.05, 0.1) is 4.92 Å². The maximum Gasteiger partial charge on any atom is 0.269 e. The number of carbonyl (C=O) groups excluding carboxylic acids is 1. The molecule has 18 heavy (non-hydrogen) atoms. The van der Waals surface area contributed by atoms with Crippen molar-refractivity contribution in [2.75, 3.05) is 5.32 Å². The highest BCUT2D eigenvalue weighted by molar-refractivity contribution is 5.91. The molecule has 1 rings (SSSR count). The molecule has 0 bridgehead atoms. The highest BCUT2D eigenvalue weighted by atomic mass is 16.6. The zero-order valence-electron chi connectivity index (χ0n) is 10.5. The molecule has 5 nitrogen and oxygen atoms in total. The Labute approximate surface area is 106 Å². The Kier molecular flexibility index (Phi) is 4.59. The maximum atomic E-state index is 11.4. The van der Waals surface area contributed by atoms with Gasteiger partial charge in [-0.25, -0.2) is 0 Å². The van der Waals surface area contributed by atoms with E-state index in [4.69, 9.17) is 0 Å². The molecule has 0 saturated carbocycles. The predicted molar refractivity (Wildman–Crippen MR) is 70.5 cm³/mol. The van der Waals surface area contributed by atoms with Crippen molar-refractivity contribution in [3.63, 3.8) is 0 Å². The SMILES string of the molecule is C=C(C)Cc1cc([N+](=O)[O-])ccc1NC(=O)CC. The number of non-ortho nitro benzene ring substituents is 1. The van der Waals surface area contributed by atoms with Crippen molar-refractivity contribution in [2.24, 2.45) is 0 Å². The molecule has 0 unspecified atom stereocenters. The van der Waals surface area contributed by atoms with Crippen molar-refractivity contribution >= 4 is 17.3 Å². The molecule has 0 fully saturated rings. The van der Waals surface area contributed by atoms with Gasteiger partial charge in [-0.05, 0) is 25.0 Å². The molecule has 0 aromatic heterocycles. The number of benzene rings is 1. The summed E-state index contributed by atoms with van der Waals surface area (Å²) in [5, 5.41) is 13.5. The van der Waals surface area contributed by atoms with E-state index in [1.165, 1.54) is 12.1 Å². The summed E-state index contributed by atoms with van der Waals surface area (Å²) < 4.78 is 0. The van der Waals surface area contributed by atoms with Gasteiger partial charge in [0.15, 0.2) is 0 Å². The van der Waals surface area contributed by atoms with Gasteiger partial charge in [0.25, 0.3) is 5.69 Å². The topological polar surface area (TPSA) is 72.2 Å². The van der Waals surface area contributed by atoms with Gasteiger partial charge in [-0.3, -0.25) is 14.9 Å². The minimum Gasteiger partial charge on any atom is -0.326 e. The van der Waals surface area contributed by atoms with Crippen molar-refractivity contribution in [3.05, 3.63) is 46.0 Å². The van der Waals surface area contributed by atoms with E-state index in [1.807, 2.05) is 6.92 Å². The molecule has 0 aliphatic heterocycles. The first kappa shape index (κ1) is 13.9. The fourth-order valence-corrected chi connectivity index (χ4v) is 1.53. The molecule has 96 valence electrons. The number of rotatable bonds is 5. The molecule has 0 atom stereocenters. The van der Waals surface area contributed by atoms with E-state index < -0.39 is 4.92 Å². The lowest BCUT2D eigenvalue weighted by atomic mass is 10.0. The normalized spacial score (nSPS) is 9.89. The van der Waals surface area contributed by atoms with Crippen LogP contribution in [0.2, 0.25) is 0 Å². The van der Waals surface area contributed by atoms with Crippen molar-refractivity contribution in [1.82, 2.24) is 0 Å². The summed E-state index contributed by atoms with van der Waals surface area (Å²) in [5.41, 5.74) is 2.21. The smallest absolute Gasteiger partial charge is 0.269 e. The van der Waals surface area contributed by atoms with Crippen LogP contribution in [-0.2, 0) is 11.2 Å². The van der Waals surface area contributed by atoms with Crippen molar-refractivity contribution in [3.8, 4) is 0 Å². The third-order valence-electron chi connectivity index (χ3n) is 2.39. The molecule has 0 spiro atoms. The van der Waals surface area contributed by atoms with Gasteiger partial charge in [0.1, 0.15) is 0 Å².